The first-order valence-corrected chi connectivity index (χ1v) is 7.33. The first-order valence-electron chi connectivity index (χ1n) is 7.33. The van der Waals surface area contributed by atoms with Crippen molar-refractivity contribution in [1.29, 1.82) is 0 Å². The van der Waals surface area contributed by atoms with Crippen molar-refractivity contribution < 1.29 is 21.8 Å². The average molecular weight is 336 g/mol. The molecule has 0 saturated heterocycles. The van der Waals surface area contributed by atoms with Gasteiger partial charge in [0.25, 0.3) is 6.33 Å². The third-order valence-electron chi connectivity index (χ3n) is 3.30. The molecule has 0 radical (unpaired) electrons. The largest absolute Gasteiger partial charge is 0.673 e. The summed E-state index contributed by atoms with van der Waals surface area (Å²) in [7, 11) is -6.00. The zero-order valence-electron chi connectivity index (χ0n) is 13.3. The molecule has 1 heterocycles. The molecule has 0 aliphatic rings. The second-order valence-electron chi connectivity index (χ2n) is 5.39. The number of imidazole rings is 1. The summed E-state index contributed by atoms with van der Waals surface area (Å²) < 4.78 is 43.2. The molecule has 3 aromatic rings. The lowest BCUT2D eigenvalue weighted by molar-refractivity contribution is -0.594. The lowest BCUT2D eigenvalue weighted by Crippen LogP contribution is -2.27. The predicted molar refractivity (Wildman–Crippen MR) is 87.0 cm³/mol. The van der Waals surface area contributed by atoms with Crippen molar-refractivity contribution >= 4 is 7.25 Å². The Kier molecular flexibility index (Phi) is 5.44. The lowest BCUT2D eigenvalue weighted by Gasteiger charge is -1.97. The number of hydrogen-bond donors (Lipinski definition) is 0. The van der Waals surface area contributed by atoms with E-state index in [1.807, 2.05) is 0 Å². The molecule has 2 nitrogen and oxygen atoms in total. The van der Waals surface area contributed by atoms with Gasteiger partial charge in [0.2, 0.25) is 0 Å². The van der Waals surface area contributed by atoms with Crippen molar-refractivity contribution in [3.05, 3.63) is 78.4 Å². The zero-order chi connectivity index (χ0) is 17.7. The molecule has 24 heavy (non-hydrogen) atoms. The van der Waals surface area contributed by atoms with Crippen LogP contribution >= 0.6 is 0 Å². The van der Waals surface area contributed by atoms with Crippen LogP contribution in [0.15, 0.2) is 67.3 Å². The van der Waals surface area contributed by atoms with Crippen molar-refractivity contribution in [3.8, 4) is 11.4 Å². The number of halogens is 4. The fourth-order valence-electron chi connectivity index (χ4n) is 2.09. The van der Waals surface area contributed by atoms with E-state index in [0.29, 0.717) is 0 Å². The Hall–Kier alpha value is -2.57. The van der Waals surface area contributed by atoms with Crippen LogP contribution in [0.2, 0.25) is 0 Å². The number of hydrogen-bond acceptors (Lipinski definition) is 0. The van der Waals surface area contributed by atoms with Crippen molar-refractivity contribution in [1.82, 2.24) is 4.57 Å². The maximum absolute atomic E-state index is 9.75. The maximum atomic E-state index is 9.75. The summed E-state index contributed by atoms with van der Waals surface area (Å²) in [5.41, 5.74) is 4.91. The predicted octanol–water partition coefficient (Wildman–Crippen LogP) is 4.67. The van der Waals surface area contributed by atoms with E-state index < -0.39 is 7.25 Å². The number of rotatable bonds is 2. The Labute approximate surface area is 138 Å². The summed E-state index contributed by atoms with van der Waals surface area (Å²) in [5, 5.41) is 0. The molecule has 0 aliphatic carbocycles. The zero-order valence-corrected chi connectivity index (χ0v) is 13.3. The normalized spacial score (nSPS) is 10.9. The molecule has 0 atom stereocenters. The van der Waals surface area contributed by atoms with Crippen LogP contribution in [-0.4, -0.2) is 11.8 Å². The Morgan fingerprint density at radius 2 is 1.25 bits per heavy atom. The summed E-state index contributed by atoms with van der Waals surface area (Å²) in [6, 6.07) is 17.1. The van der Waals surface area contributed by atoms with E-state index in [1.165, 1.54) is 22.5 Å². The van der Waals surface area contributed by atoms with E-state index in [9.17, 15) is 17.3 Å². The highest BCUT2D eigenvalue weighted by Gasteiger charge is 2.20. The summed E-state index contributed by atoms with van der Waals surface area (Å²) in [6.07, 6.45) is 6.24. The van der Waals surface area contributed by atoms with Crippen molar-refractivity contribution in [2.24, 2.45) is 0 Å². The minimum absolute atomic E-state index is 1.18. The first-order chi connectivity index (χ1) is 11.2. The van der Waals surface area contributed by atoms with E-state index in [4.69, 9.17) is 0 Å². The third-order valence-corrected chi connectivity index (χ3v) is 3.30. The van der Waals surface area contributed by atoms with Crippen LogP contribution in [0.4, 0.5) is 17.3 Å². The van der Waals surface area contributed by atoms with Crippen LogP contribution in [0.25, 0.3) is 11.4 Å². The van der Waals surface area contributed by atoms with E-state index in [1.54, 1.807) is 0 Å². The quantitative estimate of drug-likeness (QED) is 0.365. The number of aromatic nitrogens is 2. The van der Waals surface area contributed by atoms with E-state index >= 15 is 0 Å². The molecule has 0 amide bonds. The summed E-state index contributed by atoms with van der Waals surface area (Å²) in [6.45, 7) is 4.21. The molecule has 126 valence electrons. The molecule has 0 N–H and O–H groups in total. The van der Waals surface area contributed by atoms with Crippen molar-refractivity contribution in [3.63, 3.8) is 0 Å². The van der Waals surface area contributed by atoms with Crippen LogP contribution in [-0.2, 0) is 0 Å². The molecular formula is C17H17BF4N2. The molecule has 1 aromatic heterocycles. The second-order valence-corrected chi connectivity index (χ2v) is 5.39. The minimum atomic E-state index is -6.00. The van der Waals surface area contributed by atoms with Gasteiger partial charge in [0.1, 0.15) is 23.8 Å². The maximum Gasteiger partial charge on any atom is 0.673 e. The fourth-order valence-corrected chi connectivity index (χ4v) is 2.09. The van der Waals surface area contributed by atoms with Gasteiger partial charge in [-0.1, -0.05) is 35.4 Å². The molecule has 3 rings (SSSR count). The van der Waals surface area contributed by atoms with Gasteiger partial charge in [-0.3, -0.25) is 0 Å². The summed E-state index contributed by atoms with van der Waals surface area (Å²) in [4.78, 5) is 0. The van der Waals surface area contributed by atoms with E-state index in [2.05, 4.69) is 90.2 Å². The molecule has 2 aromatic carbocycles. The Morgan fingerprint density at radius 1 is 0.792 bits per heavy atom. The van der Waals surface area contributed by atoms with Gasteiger partial charge in [-0.15, -0.1) is 0 Å². The first kappa shape index (κ1) is 17.8. The highest BCUT2D eigenvalue weighted by molar-refractivity contribution is 6.50. The van der Waals surface area contributed by atoms with Crippen LogP contribution in [0.5, 0.6) is 0 Å². The Bertz CT molecular complexity index is 712. The van der Waals surface area contributed by atoms with Gasteiger partial charge < -0.3 is 17.3 Å². The standard InChI is InChI=1S/C17H17N2.BF4/c1-14-3-7-16(8-4-14)18-11-12-19(13-18)17-9-5-15(2)6-10-17;2-1(3,4)5/h3-13H,1-2H3;/q+1;-1. The number of aryl methyl sites for hydroxylation is 2. The monoisotopic (exact) mass is 336 g/mol. The van der Waals surface area contributed by atoms with Crippen LogP contribution in [0, 0.1) is 13.8 Å². The molecule has 0 fully saturated rings. The minimum Gasteiger partial charge on any atom is -0.418 e. The highest BCUT2D eigenvalue weighted by Crippen LogP contribution is 2.09. The van der Waals surface area contributed by atoms with Gasteiger partial charge >= 0.3 is 7.25 Å². The third kappa shape index (κ3) is 5.57. The molecule has 7 heteroatoms. The van der Waals surface area contributed by atoms with Crippen LogP contribution < -0.4 is 4.57 Å². The summed E-state index contributed by atoms with van der Waals surface area (Å²) in [5.74, 6) is 0. The Balaban J connectivity index is 0.000000368. The Morgan fingerprint density at radius 3 is 1.75 bits per heavy atom. The van der Waals surface area contributed by atoms with Crippen LogP contribution in [0.1, 0.15) is 11.1 Å². The number of benzene rings is 2. The SMILES string of the molecule is Cc1ccc(-n2cc[n+](-c3ccc(C)cc3)c2)cc1.F[B-](F)(F)F. The van der Waals surface area contributed by atoms with E-state index in [-0.39, 0.29) is 0 Å². The van der Waals surface area contributed by atoms with Gasteiger partial charge in [-0.25, -0.2) is 9.13 Å². The van der Waals surface area contributed by atoms with Crippen LogP contribution in [0.3, 0.4) is 0 Å². The van der Waals surface area contributed by atoms with E-state index in [0.717, 1.165) is 0 Å². The smallest absolute Gasteiger partial charge is 0.418 e. The molecule has 0 unspecified atom stereocenters. The molecule has 0 spiro atoms. The van der Waals surface area contributed by atoms with Gasteiger partial charge in [-0.2, -0.15) is 0 Å². The average Bonchev–Trinajstić information content (AvgIpc) is 2.97. The van der Waals surface area contributed by atoms with Gasteiger partial charge in [0.15, 0.2) is 0 Å². The van der Waals surface area contributed by atoms with Gasteiger partial charge in [0, 0.05) is 0 Å². The molecule has 0 bridgehead atoms. The molecule has 0 saturated carbocycles. The van der Waals surface area contributed by atoms with Gasteiger partial charge in [-0.05, 0) is 38.1 Å². The molecule has 0 aliphatic heterocycles. The summed E-state index contributed by atoms with van der Waals surface area (Å²) >= 11 is 0. The molecular weight excluding hydrogens is 319 g/mol. The van der Waals surface area contributed by atoms with Gasteiger partial charge in [0.05, 0.1) is 0 Å². The highest BCUT2D eigenvalue weighted by atomic mass is 19.5. The number of nitrogens with zero attached hydrogens (tertiary/aromatic N) is 2. The second kappa shape index (κ2) is 7.34. The van der Waals surface area contributed by atoms with Crippen molar-refractivity contribution in [2.75, 3.05) is 0 Å². The fraction of sp³-hybridized carbons (Fsp3) is 0.118. The van der Waals surface area contributed by atoms with Crippen molar-refractivity contribution in [2.45, 2.75) is 13.8 Å². The topological polar surface area (TPSA) is 8.81 Å². The lowest BCUT2D eigenvalue weighted by atomic mass is 10.2.